The second-order valence-electron chi connectivity index (χ2n) is 6.20. The summed E-state index contributed by atoms with van der Waals surface area (Å²) in [5.74, 6) is 0.577. The molecule has 0 spiro atoms. The van der Waals surface area contributed by atoms with E-state index in [4.69, 9.17) is 15.8 Å². The zero-order chi connectivity index (χ0) is 15.1. The molecule has 4 N–H and O–H groups in total. The first-order chi connectivity index (χ1) is 10.1. The molecule has 0 amide bonds. The highest BCUT2D eigenvalue weighted by atomic mass is 16.4. The summed E-state index contributed by atoms with van der Waals surface area (Å²) < 4.78 is 0. The van der Waals surface area contributed by atoms with Crippen LogP contribution in [0.25, 0.3) is 0 Å². The predicted octanol–water partition coefficient (Wildman–Crippen LogP) is 1.48. The lowest BCUT2D eigenvalue weighted by Gasteiger charge is -2.20. The van der Waals surface area contributed by atoms with E-state index in [2.05, 4.69) is 35.2 Å². The van der Waals surface area contributed by atoms with Crippen LogP contribution in [0.4, 0.5) is 0 Å². The molecule has 0 radical (unpaired) electrons. The van der Waals surface area contributed by atoms with Crippen molar-refractivity contribution in [2.24, 2.45) is 11.7 Å². The summed E-state index contributed by atoms with van der Waals surface area (Å²) in [5.41, 5.74) is 7.66. The van der Waals surface area contributed by atoms with E-state index in [0.29, 0.717) is 12.2 Å². The second kappa shape index (κ2) is 8.54. The molecule has 0 aromatic heterocycles. The summed E-state index contributed by atoms with van der Waals surface area (Å²) in [4.78, 5) is 2.48. The van der Waals surface area contributed by atoms with Gasteiger partial charge in [-0.3, -0.25) is 4.90 Å². The molecule has 0 saturated carbocycles. The lowest BCUT2D eigenvalue weighted by atomic mass is 9.82. The quantitative estimate of drug-likeness (QED) is 0.501. The Morgan fingerprint density at radius 2 is 2.00 bits per heavy atom. The summed E-state index contributed by atoms with van der Waals surface area (Å²) in [6, 6.07) is 10.8. The van der Waals surface area contributed by atoms with Crippen LogP contribution in [0.1, 0.15) is 31.2 Å². The molecule has 0 bridgehead atoms. The summed E-state index contributed by atoms with van der Waals surface area (Å²) in [7, 11) is -1.17. The van der Waals surface area contributed by atoms with E-state index in [1.165, 1.54) is 12.0 Å². The smallest absolute Gasteiger partial charge is 0.427 e. The van der Waals surface area contributed by atoms with Gasteiger partial charge in [0.2, 0.25) is 0 Å². The topological polar surface area (TPSA) is 69.7 Å². The van der Waals surface area contributed by atoms with Crippen LogP contribution in [0.5, 0.6) is 0 Å². The standard InChI is InChI=1S/C16H27BN2O2/c18-16(8-4-5-10-17(20)21)15-9-11-19(13-15)12-14-6-2-1-3-7-14/h1-3,6-7,15-16,20-21H,4-5,8-13,18H2. The van der Waals surface area contributed by atoms with Crippen LogP contribution in [0.2, 0.25) is 6.32 Å². The first-order valence-corrected chi connectivity index (χ1v) is 8.03. The number of nitrogens with two attached hydrogens (primary N) is 1. The van der Waals surface area contributed by atoms with Gasteiger partial charge < -0.3 is 15.8 Å². The fraction of sp³-hybridized carbons (Fsp3) is 0.625. The molecule has 21 heavy (non-hydrogen) atoms. The van der Waals surface area contributed by atoms with Gasteiger partial charge >= 0.3 is 7.12 Å². The van der Waals surface area contributed by atoms with Crippen molar-refractivity contribution in [2.75, 3.05) is 13.1 Å². The van der Waals surface area contributed by atoms with Crippen LogP contribution in [-0.4, -0.2) is 41.2 Å². The van der Waals surface area contributed by atoms with Gasteiger partial charge in [0.1, 0.15) is 0 Å². The molecule has 2 atom stereocenters. The lowest BCUT2D eigenvalue weighted by molar-refractivity contribution is 0.301. The highest BCUT2D eigenvalue weighted by molar-refractivity contribution is 6.40. The summed E-state index contributed by atoms with van der Waals surface area (Å²) >= 11 is 0. The predicted molar refractivity (Wildman–Crippen MR) is 86.7 cm³/mol. The minimum atomic E-state index is -1.17. The van der Waals surface area contributed by atoms with Crippen molar-refractivity contribution in [2.45, 2.75) is 44.6 Å². The van der Waals surface area contributed by atoms with E-state index >= 15 is 0 Å². The molecule has 1 aliphatic heterocycles. The van der Waals surface area contributed by atoms with E-state index < -0.39 is 7.12 Å². The molecule has 1 aliphatic rings. The van der Waals surface area contributed by atoms with E-state index in [1.54, 1.807) is 0 Å². The van der Waals surface area contributed by atoms with Crippen LogP contribution in [0, 0.1) is 5.92 Å². The zero-order valence-corrected chi connectivity index (χ0v) is 12.7. The Bertz CT molecular complexity index is 403. The zero-order valence-electron chi connectivity index (χ0n) is 12.7. The highest BCUT2D eigenvalue weighted by Crippen LogP contribution is 2.23. The Morgan fingerprint density at radius 1 is 1.24 bits per heavy atom. The molecule has 5 heteroatoms. The Labute approximate surface area is 128 Å². The van der Waals surface area contributed by atoms with E-state index in [9.17, 15) is 0 Å². The summed E-state index contributed by atoms with van der Waals surface area (Å²) in [5, 5.41) is 17.6. The molecule has 1 aromatic rings. The molecule has 1 fully saturated rings. The molecule has 2 unspecified atom stereocenters. The van der Waals surface area contributed by atoms with Gasteiger partial charge in [0.25, 0.3) is 0 Å². The first kappa shape index (κ1) is 16.5. The number of unbranched alkanes of at least 4 members (excludes halogenated alkanes) is 1. The molecule has 116 valence electrons. The van der Waals surface area contributed by atoms with Gasteiger partial charge in [-0.1, -0.05) is 43.2 Å². The van der Waals surface area contributed by atoms with Crippen LogP contribution in [-0.2, 0) is 6.54 Å². The maximum atomic E-state index is 8.82. The molecule has 2 rings (SSSR count). The molecule has 4 nitrogen and oxygen atoms in total. The van der Waals surface area contributed by atoms with Crippen LogP contribution < -0.4 is 5.73 Å². The number of nitrogens with zero attached hydrogens (tertiary/aromatic N) is 1. The van der Waals surface area contributed by atoms with E-state index in [0.717, 1.165) is 38.9 Å². The number of rotatable bonds is 8. The van der Waals surface area contributed by atoms with E-state index in [-0.39, 0.29) is 6.04 Å². The minimum absolute atomic E-state index is 0.238. The number of hydrogen-bond donors (Lipinski definition) is 3. The summed E-state index contributed by atoms with van der Waals surface area (Å²) in [6.07, 6.45) is 4.44. The maximum absolute atomic E-state index is 8.82. The highest BCUT2D eigenvalue weighted by Gasteiger charge is 2.27. The Kier molecular flexibility index (Phi) is 6.71. The fourth-order valence-corrected chi connectivity index (χ4v) is 3.14. The van der Waals surface area contributed by atoms with Gasteiger partial charge in [-0.25, -0.2) is 0 Å². The molecular formula is C16H27BN2O2. The van der Waals surface area contributed by atoms with Crippen molar-refractivity contribution in [3.05, 3.63) is 35.9 Å². The Balaban J connectivity index is 1.67. The monoisotopic (exact) mass is 290 g/mol. The van der Waals surface area contributed by atoms with Gasteiger partial charge in [0, 0.05) is 19.1 Å². The molecule has 0 aliphatic carbocycles. The molecule has 1 aromatic carbocycles. The van der Waals surface area contributed by atoms with Gasteiger partial charge in [0.15, 0.2) is 0 Å². The van der Waals surface area contributed by atoms with Gasteiger partial charge in [0.05, 0.1) is 0 Å². The Morgan fingerprint density at radius 3 is 2.71 bits per heavy atom. The van der Waals surface area contributed by atoms with Crippen LogP contribution >= 0.6 is 0 Å². The number of benzene rings is 1. The van der Waals surface area contributed by atoms with Crippen molar-refractivity contribution < 1.29 is 10.0 Å². The number of hydrogen-bond acceptors (Lipinski definition) is 4. The van der Waals surface area contributed by atoms with Crippen molar-refractivity contribution in [1.82, 2.24) is 4.90 Å². The average Bonchev–Trinajstić information content (AvgIpc) is 2.93. The van der Waals surface area contributed by atoms with Crippen molar-refractivity contribution in [1.29, 1.82) is 0 Å². The lowest BCUT2D eigenvalue weighted by Crippen LogP contribution is -2.32. The first-order valence-electron chi connectivity index (χ1n) is 8.03. The van der Waals surface area contributed by atoms with Gasteiger partial charge in [-0.2, -0.15) is 0 Å². The SMILES string of the molecule is NC(CCCCB(O)O)C1CCN(Cc2ccccc2)C1. The van der Waals surface area contributed by atoms with Gasteiger partial charge in [-0.05, 0) is 37.2 Å². The number of likely N-dealkylation sites (tertiary alicyclic amines) is 1. The normalized spacial score (nSPS) is 20.6. The molecule has 1 heterocycles. The fourth-order valence-electron chi connectivity index (χ4n) is 3.14. The minimum Gasteiger partial charge on any atom is -0.427 e. The van der Waals surface area contributed by atoms with Crippen LogP contribution in [0.15, 0.2) is 30.3 Å². The largest absolute Gasteiger partial charge is 0.451 e. The third-order valence-electron chi connectivity index (χ3n) is 4.41. The third-order valence-corrected chi connectivity index (χ3v) is 4.41. The summed E-state index contributed by atoms with van der Waals surface area (Å²) in [6.45, 7) is 3.22. The second-order valence-corrected chi connectivity index (χ2v) is 6.20. The van der Waals surface area contributed by atoms with Crippen molar-refractivity contribution in [3.8, 4) is 0 Å². The van der Waals surface area contributed by atoms with Gasteiger partial charge in [-0.15, -0.1) is 0 Å². The van der Waals surface area contributed by atoms with Crippen molar-refractivity contribution >= 4 is 7.12 Å². The maximum Gasteiger partial charge on any atom is 0.451 e. The third kappa shape index (κ3) is 5.79. The van der Waals surface area contributed by atoms with Crippen LogP contribution in [0.3, 0.4) is 0 Å². The average molecular weight is 290 g/mol. The molecule has 1 saturated heterocycles. The van der Waals surface area contributed by atoms with E-state index in [1.807, 2.05) is 0 Å². The molecular weight excluding hydrogens is 263 g/mol. The van der Waals surface area contributed by atoms with Crippen molar-refractivity contribution in [3.63, 3.8) is 0 Å². The Hall–Kier alpha value is -0.875.